The van der Waals surface area contributed by atoms with Crippen molar-refractivity contribution in [2.75, 3.05) is 0 Å². The SMILES string of the molecule is C[C@H](O)[C@H]1CCC2C3C=CC4=CC(=O)CC[C@@]4(C)C3CC[C@@]21C. The Morgan fingerprint density at radius 3 is 2.70 bits per heavy atom. The van der Waals surface area contributed by atoms with Gasteiger partial charge in [-0.15, -0.1) is 0 Å². The van der Waals surface area contributed by atoms with Gasteiger partial charge in [-0.3, -0.25) is 4.79 Å². The van der Waals surface area contributed by atoms with Gasteiger partial charge in [-0.05, 0) is 85.2 Å². The van der Waals surface area contributed by atoms with E-state index in [0.29, 0.717) is 34.9 Å². The summed E-state index contributed by atoms with van der Waals surface area (Å²) in [6, 6.07) is 0. The highest BCUT2D eigenvalue weighted by Gasteiger charge is 2.58. The van der Waals surface area contributed by atoms with Crippen molar-refractivity contribution in [3.05, 3.63) is 23.8 Å². The fourth-order valence-electron chi connectivity index (χ4n) is 6.83. The van der Waals surface area contributed by atoms with Crippen LogP contribution in [0.25, 0.3) is 0 Å². The van der Waals surface area contributed by atoms with Gasteiger partial charge in [0.15, 0.2) is 5.78 Å². The van der Waals surface area contributed by atoms with E-state index in [1.807, 2.05) is 13.0 Å². The zero-order valence-electron chi connectivity index (χ0n) is 14.7. The summed E-state index contributed by atoms with van der Waals surface area (Å²) in [4.78, 5) is 11.8. The molecule has 0 saturated heterocycles. The quantitative estimate of drug-likeness (QED) is 0.784. The van der Waals surface area contributed by atoms with Crippen molar-refractivity contribution in [1.29, 1.82) is 0 Å². The highest BCUT2D eigenvalue weighted by Crippen LogP contribution is 2.65. The largest absolute Gasteiger partial charge is 0.393 e. The molecule has 3 unspecified atom stereocenters. The van der Waals surface area contributed by atoms with Crippen LogP contribution in [0.4, 0.5) is 0 Å². The average Bonchev–Trinajstić information content (AvgIpc) is 2.85. The van der Waals surface area contributed by atoms with Gasteiger partial charge < -0.3 is 5.11 Å². The van der Waals surface area contributed by atoms with Crippen LogP contribution in [0.2, 0.25) is 0 Å². The third kappa shape index (κ3) is 2.06. The van der Waals surface area contributed by atoms with Crippen molar-refractivity contribution >= 4 is 5.78 Å². The van der Waals surface area contributed by atoms with Crippen molar-refractivity contribution in [3.8, 4) is 0 Å². The monoisotopic (exact) mass is 314 g/mol. The zero-order valence-corrected chi connectivity index (χ0v) is 14.7. The molecule has 2 fully saturated rings. The number of ketones is 1. The number of fused-ring (bicyclic) bond motifs is 5. The predicted octanol–water partition coefficient (Wildman–Crippen LogP) is 4.29. The molecule has 0 aromatic carbocycles. The molecule has 2 saturated carbocycles. The fraction of sp³-hybridized carbons (Fsp3) is 0.762. The molecule has 2 nitrogen and oxygen atoms in total. The van der Waals surface area contributed by atoms with Gasteiger partial charge in [0, 0.05) is 6.42 Å². The van der Waals surface area contributed by atoms with Crippen LogP contribution in [-0.4, -0.2) is 17.0 Å². The maximum absolute atomic E-state index is 11.8. The summed E-state index contributed by atoms with van der Waals surface area (Å²) >= 11 is 0. The first-order valence-corrected chi connectivity index (χ1v) is 9.47. The van der Waals surface area contributed by atoms with Crippen LogP contribution in [0.3, 0.4) is 0 Å². The third-order valence-corrected chi connectivity index (χ3v) is 8.17. The van der Waals surface area contributed by atoms with E-state index < -0.39 is 0 Å². The van der Waals surface area contributed by atoms with Crippen LogP contribution >= 0.6 is 0 Å². The Morgan fingerprint density at radius 2 is 1.96 bits per heavy atom. The van der Waals surface area contributed by atoms with E-state index >= 15 is 0 Å². The van der Waals surface area contributed by atoms with E-state index in [1.54, 1.807) is 0 Å². The number of allylic oxidation sites excluding steroid dienone is 4. The lowest BCUT2D eigenvalue weighted by molar-refractivity contribution is -0.116. The summed E-state index contributed by atoms with van der Waals surface area (Å²) in [5.74, 6) is 2.77. The van der Waals surface area contributed by atoms with Crippen molar-refractivity contribution < 1.29 is 9.90 Å². The number of hydrogen-bond acceptors (Lipinski definition) is 2. The minimum Gasteiger partial charge on any atom is -0.393 e. The molecule has 4 aliphatic carbocycles. The molecule has 0 radical (unpaired) electrons. The maximum Gasteiger partial charge on any atom is 0.156 e. The minimum atomic E-state index is -0.188. The standard InChI is InChI=1S/C21H30O2/c1-13(22)17-6-7-18-16-5-4-14-12-15(23)8-10-20(14,2)19(16)9-11-21(17,18)3/h4-5,12-13,16-19,22H,6-11H2,1-3H3/t13-,16?,17+,18?,19?,20+,21+/m0/s1. The van der Waals surface area contributed by atoms with Crippen LogP contribution in [0.15, 0.2) is 23.8 Å². The second-order valence-electron chi connectivity index (χ2n) is 9.10. The fourth-order valence-corrected chi connectivity index (χ4v) is 6.83. The number of rotatable bonds is 1. The molecule has 0 amide bonds. The van der Waals surface area contributed by atoms with Gasteiger partial charge >= 0.3 is 0 Å². The van der Waals surface area contributed by atoms with Crippen molar-refractivity contribution in [2.45, 2.75) is 65.4 Å². The molecular weight excluding hydrogens is 284 g/mol. The van der Waals surface area contributed by atoms with E-state index in [9.17, 15) is 9.90 Å². The van der Waals surface area contributed by atoms with Crippen LogP contribution in [0.5, 0.6) is 0 Å². The molecule has 0 spiro atoms. The van der Waals surface area contributed by atoms with E-state index in [-0.39, 0.29) is 11.5 Å². The zero-order chi connectivity index (χ0) is 16.4. The Morgan fingerprint density at radius 1 is 1.17 bits per heavy atom. The smallest absolute Gasteiger partial charge is 0.156 e. The van der Waals surface area contributed by atoms with E-state index in [2.05, 4.69) is 26.0 Å². The highest BCUT2D eigenvalue weighted by atomic mass is 16.3. The summed E-state index contributed by atoms with van der Waals surface area (Å²) in [6.45, 7) is 6.82. The first kappa shape index (κ1) is 15.6. The number of aliphatic hydroxyl groups is 1. The Balaban J connectivity index is 1.71. The normalized spacial score (nSPS) is 49.9. The Kier molecular flexibility index (Phi) is 3.43. The van der Waals surface area contributed by atoms with Crippen LogP contribution < -0.4 is 0 Å². The van der Waals surface area contributed by atoms with Gasteiger partial charge in [0.25, 0.3) is 0 Å². The number of carbonyl (C=O) groups excluding carboxylic acids is 1. The number of aliphatic hydroxyl groups excluding tert-OH is 1. The van der Waals surface area contributed by atoms with E-state index in [0.717, 1.165) is 12.8 Å². The molecule has 2 heteroatoms. The summed E-state index contributed by atoms with van der Waals surface area (Å²) in [5, 5.41) is 10.3. The molecule has 0 bridgehead atoms. The molecule has 4 rings (SSSR count). The summed E-state index contributed by atoms with van der Waals surface area (Å²) < 4.78 is 0. The molecular formula is C21H30O2. The Labute approximate surface area is 140 Å². The predicted molar refractivity (Wildman–Crippen MR) is 91.8 cm³/mol. The van der Waals surface area contributed by atoms with Crippen LogP contribution in [-0.2, 0) is 4.79 Å². The van der Waals surface area contributed by atoms with Gasteiger partial charge in [0.05, 0.1) is 6.10 Å². The molecule has 1 N–H and O–H groups in total. The second kappa shape index (κ2) is 5.05. The minimum absolute atomic E-state index is 0.188. The maximum atomic E-state index is 11.8. The summed E-state index contributed by atoms with van der Waals surface area (Å²) in [5.41, 5.74) is 1.77. The van der Waals surface area contributed by atoms with Crippen LogP contribution in [0.1, 0.15) is 59.3 Å². The molecule has 23 heavy (non-hydrogen) atoms. The van der Waals surface area contributed by atoms with Crippen molar-refractivity contribution in [3.63, 3.8) is 0 Å². The average molecular weight is 314 g/mol. The Hall–Kier alpha value is -0.890. The first-order valence-electron chi connectivity index (χ1n) is 9.47. The molecule has 7 atom stereocenters. The highest BCUT2D eigenvalue weighted by molar-refractivity contribution is 5.92. The number of carbonyl (C=O) groups is 1. The first-order chi connectivity index (χ1) is 10.9. The van der Waals surface area contributed by atoms with Gasteiger partial charge in [0.1, 0.15) is 0 Å². The molecule has 0 aliphatic heterocycles. The lowest BCUT2D eigenvalue weighted by atomic mass is 9.48. The molecule has 0 heterocycles. The van der Waals surface area contributed by atoms with E-state index in [4.69, 9.17) is 0 Å². The summed E-state index contributed by atoms with van der Waals surface area (Å²) in [7, 11) is 0. The topological polar surface area (TPSA) is 37.3 Å². The molecule has 0 aromatic heterocycles. The lowest BCUT2D eigenvalue weighted by Crippen LogP contribution is -2.49. The van der Waals surface area contributed by atoms with E-state index in [1.165, 1.54) is 31.3 Å². The molecule has 0 aromatic rings. The second-order valence-corrected chi connectivity index (χ2v) is 9.10. The Bertz CT molecular complexity index is 587. The summed E-state index contributed by atoms with van der Waals surface area (Å²) in [6.07, 6.45) is 13.1. The van der Waals surface area contributed by atoms with Gasteiger partial charge in [0.2, 0.25) is 0 Å². The van der Waals surface area contributed by atoms with Gasteiger partial charge in [-0.25, -0.2) is 0 Å². The lowest BCUT2D eigenvalue weighted by Gasteiger charge is -2.56. The van der Waals surface area contributed by atoms with Gasteiger partial charge in [-0.1, -0.05) is 26.0 Å². The third-order valence-electron chi connectivity index (χ3n) is 8.17. The van der Waals surface area contributed by atoms with Gasteiger partial charge in [-0.2, -0.15) is 0 Å². The number of hydrogen-bond donors (Lipinski definition) is 1. The van der Waals surface area contributed by atoms with Crippen LogP contribution in [0, 0.1) is 34.5 Å². The van der Waals surface area contributed by atoms with Crippen molar-refractivity contribution in [2.24, 2.45) is 34.5 Å². The molecule has 4 aliphatic rings. The molecule has 126 valence electrons. The van der Waals surface area contributed by atoms with Crippen molar-refractivity contribution in [1.82, 2.24) is 0 Å².